The maximum atomic E-state index is 12.0. The number of non-ortho nitro benzene ring substituents is 1. The van der Waals surface area contributed by atoms with Crippen LogP contribution in [-0.4, -0.2) is 16.1 Å². The number of hydrogen-bond acceptors (Lipinski definition) is 6. The van der Waals surface area contributed by atoms with Crippen LogP contribution in [0.2, 0.25) is 0 Å². The van der Waals surface area contributed by atoms with Gasteiger partial charge in [0.25, 0.3) is 5.69 Å². The van der Waals surface area contributed by atoms with Crippen LogP contribution >= 0.6 is 43.2 Å². The first-order chi connectivity index (χ1) is 10.9. The van der Waals surface area contributed by atoms with E-state index in [9.17, 15) is 15.2 Å². The Labute approximate surface area is 150 Å². The summed E-state index contributed by atoms with van der Waals surface area (Å²) in [6.07, 6.45) is 1.30. The Kier molecular flexibility index (Phi) is 4.42. The first-order valence-corrected chi connectivity index (χ1v) is 8.59. The van der Waals surface area contributed by atoms with Gasteiger partial charge in [-0.2, -0.15) is 0 Å². The normalized spacial score (nSPS) is 11.4. The van der Waals surface area contributed by atoms with Gasteiger partial charge in [0.1, 0.15) is 0 Å². The van der Waals surface area contributed by atoms with Crippen molar-refractivity contribution in [2.75, 3.05) is 0 Å². The van der Waals surface area contributed by atoms with Crippen molar-refractivity contribution in [2.45, 2.75) is 0 Å². The van der Waals surface area contributed by atoms with Crippen LogP contribution in [0.1, 0.15) is 5.56 Å². The molecule has 0 N–H and O–H groups in total. The molecule has 3 aromatic rings. The maximum absolute atomic E-state index is 12.0. The molecule has 1 aromatic heterocycles. The molecule has 0 saturated heterocycles. The second kappa shape index (κ2) is 6.34. The number of hydrogen-bond donors (Lipinski definition) is 0. The van der Waals surface area contributed by atoms with E-state index in [4.69, 9.17) is 0 Å². The van der Waals surface area contributed by atoms with Crippen molar-refractivity contribution in [3.8, 4) is 5.75 Å². The number of nitro groups is 1. The van der Waals surface area contributed by atoms with E-state index in [-0.39, 0.29) is 21.5 Å². The quantitative estimate of drug-likeness (QED) is 0.329. The van der Waals surface area contributed by atoms with Crippen LogP contribution in [0.25, 0.3) is 10.2 Å². The zero-order valence-corrected chi connectivity index (χ0v) is 15.2. The van der Waals surface area contributed by atoms with E-state index < -0.39 is 4.92 Å². The molecule has 0 aliphatic heterocycles. The fourth-order valence-corrected chi connectivity index (χ4v) is 3.69. The Morgan fingerprint density at radius 2 is 2.04 bits per heavy atom. The highest BCUT2D eigenvalue weighted by Crippen LogP contribution is 2.32. The molecule has 3 rings (SSSR count). The molecular formula is C14H6Br2N3O3S-. The van der Waals surface area contributed by atoms with Gasteiger partial charge in [-0.1, -0.05) is 48.9 Å². The summed E-state index contributed by atoms with van der Waals surface area (Å²) in [6.45, 7) is 0. The third-order valence-corrected chi connectivity index (χ3v) is 4.93. The number of halogens is 2. The highest BCUT2D eigenvalue weighted by atomic mass is 79.9. The number of benzene rings is 2. The molecule has 0 bridgehead atoms. The van der Waals surface area contributed by atoms with Crippen molar-refractivity contribution in [1.29, 1.82) is 0 Å². The van der Waals surface area contributed by atoms with Gasteiger partial charge in [0, 0.05) is 27.3 Å². The Balaban J connectivity index is 1.99. The molecule has 0 unspecified atom stereocenters. The van der Waals surface area contributed by atoms with Crippen molar-refractivity contribution >= 4 is 70.4 Å². The molecule has 6 nitrogen and oxygen atoms in total. The summed E-state index contributed by atoms with van der Waals surface area (Å²) >= 11 is 7.78. The van der Waals surface area contributed by atoms with Crippen LogP contribution in [0.15, 0.2) is 44.3 Å². The van der Waals surface area contributed by atoms with E-state index in [1.54, 1.807) is 0 Å². The van der Waals surface area contributed by atoms with Gasteiger partial charge in [0.2, 0.25) is 5.13 Å². The summed E-state index contributed by atoms with van der Waals surface area (Å²) in [5.41, 5.74) is 0.755. The van der Waals surface area contributed by atoms with E-state index >= 15 is 0 Å². The molecule has 0 amide bonds. The van der Waals surface area contributed by atoms with Gasteiger partial charge in [-0.25, -0.2) is 9.98 Å². The van der Waals surface area contributed by atoms with Gasteiger partial charge >= 0.3 is 0 Å². The second-order valence-electron chi connectivity index (χ2n) is 4.47. The molecule has 1 heterocycles. The SMILES string of the molecule is O=[N+]([O-])c1cc(Br)c([O-])c(C=Nc2nc3ccc(Br)cc3s2)c1. The molecule has 0 saturated carbocycles. The Hall–Kier alpha value is -1.84. The van der Waals surface area contributed by atoms with Crippen molar-refractivity contribution in [2.24, 2.45) is 4.99 Å². The lowest BCUT2D eigenvalue weighted by molar-refractivity contribution is -0.385. The molecule has 0 fully saturated rings. The highest BCUT2D eigenvalue weighted by Gasteiger charge is 2.10. The molecular weight excluding hydrogens is 450 g/mol. The smallest absolute Gasteiger partial charge is 0.271 e. The van der Waals surface area contributed by atoms with E-state index in [1.807, 2.05) is 18.2 Å². The molecule has 2 aromatic carbocycles. The minimum atomic E-state index is -0.559. The summed E-state index contributed by atoms with van der Waals surface area (Å²) in [4.78, 5) is 18.8. The van der Waals surface area contributed by atoms with Gasteiger partial charge in [-0.3, -0.25) is 10.1 Å². The Morgan fingerprint density at radius 3 is 2.78 bits per heavy atom. The number of aliphatic imine (C=N–C) groups is 1. The van der Waals surface area contributed by atoms with Crippen LogP contribution in [0, 0.1) is 10.1 Å². The summed E-state index contributed by atoms with van der Waals surface area (Å²) in [6, 6.07) is 8.03. The lowest BCUT2D eigenvalue weighted by atomic mass is 10.2. The minimum absolute atomic E-state index is 0.126. The van der Waals surface area contributed by atoms with E-state index in [0.29, 0.717) is 5.13 Å². The molecule has 0 radical (unpaired) electrons. The number of rotatable bonds is 3. The van der Waals surface area contributed by atoms with E-state index in [0.717, 1.165) is 14.7 Å². The number of aromatic nitrogens is 1. The van der Waals surface area contributed by atoms with E-state index in [2.05, 4.69) is 41.8 Å². The summed E-state index contributed by atoms with van der Waals surface area (Å²) in [5, 5.41) is 23.3. The predicted molar refractivity (Wildman–Crippen MR) is 94.8 cm³/mol. The largest absolute Gasteiger partial charge is 0.871 e. The zero-order chi connectivity index (χ0) is 16.6. The fraction of sp³-hybridized carbons (Fsp3) is 0. The lowest BCUT2D eigenvalue weighted by Crippen LogP contribution is -1.99. The van der Waals surface area contributed by atoms with Crippen LogP contribution in [0.4, 0.5) is 10.8 Å². The summed E-state index contributed by atoms with van der Waals surface area (Å²) < 4.78 is 2.02. The molecule has 0 aliphatic rings. The molecule has 0 aliphatic carbocycles. The first kappa shape index (κ1) is 16.0. The first-order valence-electron chi connectivity index (χ1n) is 6.19. The standard InChI is InChI=1S/C14H7Br2N3O3S/c15-8-1-2-11-12(4-8)23-14(18-11)17-6-7-3-9(19(21)22)5-10(16)13(7)20/h1-6,20H/p-1. The Bertz CT molecular complexity index is 956. The predicted octanol–water partition coefficient (Wildman–Crippen LogP) is 4.55. The Morgan fingerprint density at radius 1 is 1.26 bits per heavy atom. The minimum Gasteiger partial charge on any atom is -0.871 e. The molecule has 0 atom stereocenters. The summed E-state index contributed by atoms with van der Waals surface area (Å²) in [7, 11) is 0. The molecule has 0 spiro atoms. The van der Waals surface area contributed by atoms with Crippen molar-refractivity contribution in [1.82, 2.24) is 4.98 Å². The average molecular weight is 456 g/mol. The van der Waals surface area contributed by atoms with E-state index in [1.165, 1.54) is 29.7 Å². The zero-order valence-electron chi connectivity index (χ0n) is 11.2. The monoisotopic (exact) mass is 454 g/mol. The summed E-state index contributed by atoms with van der Waals surface area (Å²) in [5.74, 6) is -0.358. The van der Waals surface area contributed by atoms with Crippen LogP contribution < -0.4 is 5.11 Å². The van der Waals surface area contributed by atoms with Crippen molar-refractivity contribution in [3.63, 3.8) is 0 Å². The van der Waals surface area contributed by atoms with Gasteiger partial charge in [-0.05, 0) is 23.8 Å². The van der Waals surface area contributed by atoms with Gasteiger partial charge in [0.05, 0.1) is 15.1 Å². The van der Waals surface area contributed by atoms with Crippen LogP contribution in [0.3, 0.4) is 0 Å². The lowest BCUT2D eigenvalue weighted by Gasteiger charge is -2.11. The molecule has 116 valence electrons. The number of thiazole rings is 1. The molecule has 9 heteroatoms. The van der Waals surface area contributed by atoms with Gasteiger partial charge in [0.15, 0.2) is 0 Å². The number of nitro benzene ring substituents is 1. The second-order valence-corrected chi connectivity index (χ2v) is 7.25. The number of fused-ring (bicyclic) bond motifs is 1. The third-order valence-electron chi connectivity index (χ3n) is 2.92. The maximum Gasteiger partial charge on any atom is 0.271 e. The molecule has 23 heavy (non-hydrogen) atoms. The fourth-order valence-electron chi connectivity index (χ4n) is 1.87. The van der Waals surface area contributed by atoms with Crippen molar-refractivity contribution in [3.05, 3.63) is 55.0 Å². The topological polar surface area (TPSA) is 91.5 Å². The van der Waals surface area contributed by atoms with Crippen molar-refractivity contribution < 1.29 is 10.0 Å². The average Bonchev–Trinajstić information content (AvgIpc) is 2.90. The van der Waals surface area contributed by atoms with Gasteiger partial charge < -0.3 is 5.11 Å². The van der Waals surface area contributed by atoms with Crippen LogP contribution in [0.5, 0.6) is 5.75 Å². The van der Waals surface area contributed by atoms with Gasteiger partial charge in [-0.15, -0.1) is 0 Å². The van der Waals surface area contributed by atoms with Crippen LogP contribution in [-0.2, 0) is 0 Å². The number of nitrogens with zero attached hydrogens (tertiary/aromatic N) is 3. The third kappa shape index (κ3) is 3.41. The highest BCUT2D eigenvalue weighted by molar-refractivity contribution is 9.10.